The van der Waals surface area contributed by atoms with Crippen LogP contribution in [0, 0.1) is 5.92 Å². The molecule has 0 aromatic carbocycles. The molecule has 0 aromatic heterocycles. The molecule has 0 radical (unpaired) electrons. The molecule has 0 aromatic rings. The maximum absolute atomic E-state index is 3.44. The lowest BCUT2D eigenvalue weighted by Crippen LogP contribution is -2.42. The average molecular weight is 167 g/mol. The van der Waals surface area contributed by atoms with E-state index in [1.54, 1.807) is 0 Å². The molecule has 1 aliphatic rings. The summed E-state index contributed by atoms with van der Waals surface area (Å²) in [6, 6.07) is 1.32. The second kappa shape index (κ2) is 3.37. The molecule has 0 atom stereocenters. The standard InChI is InChI=1S/C9H17NSi/c1-10-11(2,3)8-9-6-4-5-7-9/h4-7,9-10H,8H2,1-3H3. The van der Waals surface area contributed by atoms with Crippen LogP contribution in [0.5, 0.6) is 0 Å². The van der Waals surface area contributed by atoms with Crippen molar-refractivity contribution in [2.75, 3.05) is 7.05 Å². The summed E-state index contributed by atoms with van der Waals surface area (Å²) in [4.78, 5) is 3.44. The zero-order valence-corrected chi connectivity index (χ0v) is 8.59. The van der Waals surface area contributed by atoms with Gasteiger partial charge in [-0.15, -0.1) is 0 Å². The van der Waals surface area contributed by atoms with E-state index < -0.39 is 8.24 Å². The van der Waals surface area contributed by atoms with E-state index in [9.17, 15) is 0 Å². The van der Waals surface area contributed by atoms with Gasteiger partial charge >= 0.3 is 0 Å². The lowest BCUT2D eigenvalue weighted by Gasteiger charge is -2.23. The maximum atomic E-state index is 3.44. The Morgan fingerprint density at radius 1 is 1.27 bits per heavy atom. The van der Waals surface area contributed by atoms with Crippen molar-refractivity contribution >= 4 is 8.24 Å². The van der Waals surface area contributed by atoms with Crippen LogP contribution in [0.2, 0.25) is 19.1 Å². The largest absolute Gasteiger partial charge is 0.340 e. The number of hydrogen-bond donors (Lipinski definition) is 1. The molecule has 0 spiro atoms. The van der Waals surface area contributed by atoms with Crippen molar-refractivity contribution in [3.8, 4) is 0 Å². The highest BCUT2D eigenvalue weighted by Crippen LogP contribution is 2.20. The first kappa shape index (κ1) is 8.75. The minimum Gasteiger partial charge on any atom is -0.340 e. The Labute approximate surface area is 70.3 Å². The lowest BCUT2D eigenvalue weighted by atomic mass is 10.2. The van der Waals surface area contributed by atoms with Crippen LogP contribution in [0.25, 0.3) is 0 Å². The quantitative estimate of drug-likeness (QED) is 0.635. The number of nitrogens with one attached hydrogen (secondary N) is 1. The molecule has 11 heavy (non-hydrogen) atoms. The molecule has 0 unspecified atom stereocenters. The molecule has 0 aliphatic heterocycles. The number of allylic oxidation sites excluding steroid dienone is 4. The van der Waals surface area contributed by atoms with Gasteiger partial charge in [-0.3, -0.25) is 0 Å². The van der Waals surface area contributed by atoms with Crippen molar-refractivity contribution in [3.05, 3.63) is 24.3 Å². The Kier molecular flexibility index (Phi) is 2.68. The third-order valence-corrected chi connectivity index (χ3v) is 5.10. The topological polar surface area (TPSA) is 12.0 Å². The molecule has 0 bridgehead atoms. The highest BCUT2D eigenvalue weighted by atomic mass is 28.3. The normalized spacial score (nSPS) is 18.1. The summed E-state index contributed by atoms with van der Waals surface area (Å²) < 4.78 is 0. The van der Waals surface area contributed by atoms with E-state index in [2.05, 4.69) is 49.4 Å². The van der Waals surface area contributed by atoms with E-state index in [0.29, 0.717) is 5.92 Å². The first-order valence-corrected chi connectivity index (χ1v) is 7.39. The monoisotopic (exact) mass is 167 g/mol. The highest BCUT2D eigenvalue weighted by molar-refractivity contribution is 6.75. The van der Waals surface area contributed by atoms with Crippen LogP contribution in [0.4, 0.5) is 0 Å². The number of rotatable bonds is 3. The third kappa shape index (κ3) is 2.64. The SMILES string of the molecule is CN[Si](C)(C)CC1C=CC=C1. The Morgan fingerprint density at radius 3 is 2.27 bits per heavy atom. The van der Waals surface area contributed by atoms with Crippen molar-refractivity contribution in [2.45, 2.75) is 19.1 Å². The second-order valence-electron chi connectivity index (χ2n) is 3.77. The van der Waals surface area contributed by atoms with Gasteiger partial charge in [-0.1, -0.05) is 37.4 Å². The predicted molar refractivity (Wildman–Crippen MR) is 53.1 cm³/mol. The van der Waals surface area contributed by atoms with Crippen molar-refractivity contribution in [1.82, 2.24) is 4.98 Å². The minimum absolute atomic E-state index is 0.698. The van der Waals surface area contributed by atoms with Crippen LogP contribution < -0.4 is 4.98 Å². The molecule has 2 heteroatoms. The fourth-order valence-corrected chi connectivity index (χ4v) is 2.96. The van der Waals surface area contributed by atoms with Crippen molar-refractivity contribution in [1.29, 1.82) is 0 Å². The van der Waals surface area contributed by atoms with Crippen molar-refractivity contribution in [2.24, 2.45) is 5.92 Å². The van der Waals surface area contributed by atoms with Gasteiger partial charge in [-0.2, -0.15) is 0 Å². The molecule has 1 rings (SSSR count). The summed E-state index contributed by atoms with van der Waals surface area (Å²) in [6.07, 6.45) is 8.85. The first-order valence-electron chi connectivity index (χ1n) is 4.18. The average Bonchev–Trinajstić information content (AvgIpc) is 2.39. The van der Waals surface area contributed by atoms with Crippen LogP contribution in [0.1, 0.15) is 0 Å². The summed E-state index contributed by atoms with van der Waals surface area (Å²) in [5.74, 6) is 0.698. The van der Waals surface area contributed by atoms with Gasteiger partial charge < -0.3 is 4.98 Å². The minimum atomic E-state index is -1.09. The summed E-state index contributed by atoms with van der Waals surface area (Å²) in [7, 11) is 0.983. The van der Waals surface area contributed by atoms with Gasteiger partial charge in [-0.25, -0.2) is 0 Å². The van der Waals surface area contributed by atoms with E-state index in [1.807, 2.05) is 0 Å². The molecule has 0 saturated heterocycles. The predicted octanol–water partition coefficient (Wildman–Crippen LogP) is 2.15. The Morgan fingerprint density at radius 2 is 1.82 bits per heavy atom. The van der Waals surface area contributed by atoms with Crippen LogP contribution in [-0.4, -0.2) is 15.3 Å². The Balaban J connectivity index is 2.41. The van der Waals surface area contributed by atoms with Crippen LogP contribution >= 0.6 is 0 Å². The summed E-state index contributed by atoms with van der Waals surface area (Å²) >= 11 is 0. The molecule has 0 fully saturated rings. The smallest absolute Gasteiger partial charge is 0.120 e. The van der Waals surface area contributed by atoms with Gasteiger partial charge in [0.25, 0.3) is 0 Å². The molecule has 0 heterocycles. The van der Waals surface area contributed by atoms with E-state index >= 15 is 0 Å². The van der Waals surface area contributed by atoms with Gasteiger partial charge in [0, 0.05) is 0 Å². The molecule has 1 nitrogen and oxygen atoms in total. The number of hydrogen-bond acceptors (Lipinski definition) is 1. The van der Waals surface area contributed by atoms with Gasteiger partial charge in [0.15, 0.2) is 0 Å². The summed E-state index contributed by atoms with van der Waals surface area (Å²) in [5, 5.41) is 0. The molecule has 1 N–H and O–H groups in total. The third-order valence-electron chi connectivity index (χ3n) is 2.25. The van der Waals surface area contributed by atoms with Crippen LogP contribution in [0.15, 0.2) is 24.3 Å². The molecule has 62 valence electrons. The summed E-state index contributed by atoms with van der Waals surface area (Å²) in [6.45, 7) is 4.74. The van der Waals surface area contributed by atoms with Gasteiger partial charge in [-0.05, 0) is 19.0 Å². The van der Waals surface area contributed by atoms with Gasteiger partial charge in [0.1, 0.15) is 8.24 Å². The van der Waals surface area contributed by atoms with E-state index in [1.165, 1.54) is 6.04 Å². The van der Waals surface area contributed by atoms with Gasteiger partial charge in [0.2, 0.25) is 0 Å². The molecule has 0 amide bonds. The molecular formula is C9H17NSi. The fourth-order valence-electron chi connectivity index (χ4n) is 1.31. The molecule has 1 aliphatic carbocycles. The van der Waals surface area contributed by atoms with Crippen LogP contribution in [0.3, 0.4) is 0 Å². The molecule has 0 saturated carbocycles. The lowest BCUT2D eigenvalue weighted by molar-refractivity contribution is 0.899. The van der Waals surface area contributed by atoms with E-state index in [4.69, 9.17) is 0 Å². The van der Waals surface area contributed by atoms with Crippen molar-refractivity contribution in [3.63, 3.8) is 0 Å². The highest BCUT2D eigenvalue weighted by Gasteiger charge is 2.21. The second-order valence-corrected chi connectivity index (χ2v) is 8.45. The maximum Gasteiger partial charge on any atom is 0.120 e. The first-order chi connectivity index (χ1) is 5.14. The van der Waals surface area contributed by atoms with Crippen LogP contribution in [-0.2, 0) is 0 Å². The van der Waals surface area contributed by atoms with E-state index in [-0.39, 0.29) is 0 Å². The van der Waals surface area contributed by atoms with E-state index in [0.717, 1.165) is 0 Å². The Hall–Kier alpha value is -0.343. The zero-order chi connectivity index (χ0) is 8.32. The summed E-state index contributed by atoms with van der Waals surface area (Å²) in [5.41, 5.74) is 0. The fraction of sp³-hybridized carbons (Fsp3) is 0.556. The van der Waals surface area contributed by atoms with Gasteiger partial charge in [0.05, 0.1) is 0 Å². The zero-order valence-electron chi connectivity index (χ0n) is 7.59. The molecular weight excluding hydrogens is 150 g/mol. The van der Waals surface area contributed by atoms with Crippen molar-refractivity contribution < 1.29 is 0 Å². The Bertz CT molecular complexity index is 170.